The summed E-state index contributed by atoms with van der Waals surface area (Å²) < 4.78 is 5.18. The van der Waals surface area contributed by atoms with Crippen molar-refractivity contribution in [1.82, 2.24) is 4.98 Å². The quantitative estimate of drug-likeness (QED) is 0.664. The summed E-state index contributed by atoms with van der Waals surface area (Å²) in [5.41, 5.74) is 0. The normalized spacial score (nSPS) is 13.3. The highest BCUT2D eigenvalue weighted by molar-refractivity contribution is 4.96. The maximum absolute atomic E-state index is 5.18. The van der Waals surface area contributed by atoms with E-state index in [2.05, 4.69) is 18.8 Å². The minimum atomic E-state index is 0.525. The van der Waals surface area contributed by atoms with Crippen molar-refractivity contribution < 1.29 is 4.42 Å². The topological polar surface area (TPSA) is 26.0 Å². The van der Waals surface area contributed by atoms with Crippen molar-refractivity contribution in [2.75, 3.05) is 0 Å². The molecule has 0 saturated heterocycles. The van der Waals surface area contributed by atoms with Gasteiger partial charge in [0.15, 0.2) is 6.39 Å². The molecule has 62 valence electrons. The van der Waals surface area contributed by atoms with Crippen LogP contribution in [0.15, 0.2) is 17.0 Å². The van der Waals surface area contributed by atoms with Crippen LogP contribution >= 0.6 is 0 Å². The second-order valence-corrected chi connectivity index (χ2v) is 2.95. The van der Waals surface area contributed by atoms with E-state index in [-0.39, 0.29) is 0 Å². The number of hydrogen-bond acceptors (Lipinski definition) is 2. The summed E-state index contributed by atoms with van der Waals surface area (Å²) in [5, 5.41) is 0. The molecule has 1 heterocycles. The van der Waals surface area contributed by atoms with Gasteiger partial charge in [0.2, 0.25) is 0 Å². The molecule has 0 fully saturated rings. The Morgan fingerprint density at radius 1 is 1.64 bits per heavy atom. The molecular weight excluding hydrogens is 138 g/mol. The lowest BCUT2D eigenvalue weighted by atomic mass is 10.0. The summed E-state index contributed by atoms with van der Waals surface area (Å²) in [5.74, 6) is 1.54. The van der Waals surface area contributed by atoms with Crippen LogP contribution in [0.3, 0.4) is 0 Å². The van der Waals surface area contributed by atoms with E-state index in [0.29, 0.717) is 5.92 Å². The first-order chi connectivity index (χ1) is 5.34. The molecule has 0 aliphatic carbocycles. The highest BCUT2D eigenvalue weighted by Gasteiger charge is 2.06. The predicted molar refractivity (Wildman–Crippen MR) is 44.4 cm³/mol. The maximum Gasteiger partial charge on any atom is 0.180 e. The number of unbranched alkanes of at least 4 members (excludes halogenated alkanes) is 1. The molecule has 0 N–H and O–H groups in total. The van der Waals surface area contributed by atoms with Gasteiger partial charge in [0.1, 0.15) is 5.76 Å². The van der Waals surface area contributed by atoms with Gasteiger partial charge in [0.05, 0.1) is 6.20 Å². The summed E-state index contributed by atoms with van der Waals surface area (Å²) in [6.45, 7) is 4.38. The minimum absolute atomic E-state index is 0.525. The minimum Gasteiger partial charge on any atom is -0.448 e. The molecule has 1 aromatic rings. The lowest BCUT2D eigenvalue weighted by molar-refractivity contribution is 0.451. The third-order valence-corrected chi connectivity index (χ3v) is 1.93. The van der Waals surface area contributed by atoms with Gasteiger partial charge in [-0.1, -0.05) is 26.7 Å². The van der Waals surface area contributed by atoms with Crippen molar-refractivity contribution in [3.63, 3.8) is 0 Å². The van der Waals surface area contributed by atoms with Crippen LogP contribution in [0.5, 0.6) is 0 Å². The van der Waals surface area contributed by atoms with Crippen molar-refractivity contribution >= 4 is 0 Å². The van der Waals surface area contributed by atoms with Gasteiger partial charge < -0.3 is 4.42 Å². The van der Waals surface area contributed by atoms with Crippen LogP contribution in [0.2, 0.25) is 0 Å². The van der Waals surface area contributed by atoms with E-state index in [4.69, 9.17) is 4.42 Å². The number of hydrogen-bond donors (Lipinski definition) is 0. The largest absolute Gasteiger partial charge is 0.448 e. The van der Waals surface area contributed by atoms with E-state index < -0.39 is 0 Å². The molecule has 0 aliphatic rings. The summed E-state index contributed by atoms with van der Waals surface area (Å²) in [6.07, 6.45) is 7.02. The Bertz CT molecular complexity index is 181. The van der Waals surface area contributed by atoms with Crippen LogP contribution in [0.4, 0.5) is 0 Å². The van der Waals surface area contributed by atoms with Gasteiger partial charge in [-0.05, 0) is 6.42 Å². The fourth-order valence-electron chi connectivity index (χ4n) is 1.12. The van der Waals surface area contributed by atoms with E-state index in [1.807, 2.05) is 0 Å². The smallest absolute Gasteiger partial charge is 0.180 e. The zero-order valence-electron chi connectivity index (χ0n) is 7.21. The van der Waals surface area contributed by atoms with Gasteiger partial charge in [-0.25, -0.2) is 4.98 Å². The Hall–Kier alpha value is -0.790. The third kappa shape index (κ3) is 2.37. The maximum atomic E-state index is 5.18. The zero-order valence-corrected chi connectivity index (χ0v) is 7.21. The number of rotatable bonds is 4. The molecule has 0 amide bonds. The first kappa shape index (κ1) is 8.31. The molecule has 1 aromatic heterocycles. The molecule has 0 spiro atoms. The predicted octanol–water partition coefficient (Wildman–Crippen LogP) is 2.97. The van der Waals surface area contributed by atoms with Gasteiger partial charge in [0, 0.05) is 5.92 Å². The van der Waals surface area contributed by atoms with Gasteiger partial charge in [-0.2, -0.15) is 0 Å². The van der Waals surface area contributed by atoms with Gasteiger partial charge >= 0.3 is 0 Å². The van der Waals surface area contributed by atoms with Crippen molar-refractivity contribution in [2.45, 2.75) is 39.0 Å². The second kappa shape index (κ2) is 4.16. The Morgan fingerprint density at radius 3 is 3.00 bits per heavy atom. The monoisotopic (exact) mass is 153 g/mol. The Kier molecular flexibility index (Phi) is 3.14. The molecule has 0 bridgehead atoms. The van der Waals surface area contributed by atoms with E-state index in [1.54, 1.807) is 6.20 Å². The standard InChI is InChI=1S/C9H15NO/c1-3-4-5-8(2)9-6-10-7-11-9/h6-8H,3-5H2,1-2H3. The van der Waals surface area contributed by atoms with Crippen LogP contribution < -0.4 is 0 Å². The van der Waals surface area contributed by atoms with Gasteiger partial charge in [-0.3, -0.25) is 0 Å². The van der Waals surface area contributed by atoms with Crippen LogP contribution in [-0.2, 0) is 0 Å². The fourth-order valence-corrected chi connectivity index (χ4v) is 1.12. The number of aromatic nitrogens is 1. The SMILES string of the molecule is CCCCC(C)c1cnco1. The second-order valence-electron chi connectivity index (χ2n) is 2.95. The van der Waals surface area contributed by atoms with Gasteiger partial charge in [0.25, 0.3) is 0 Å². The molecule has 1 atom stereocenters. The molecule has 0 aliphatic heterocycles. The Balaban J connectivity index is 2.36. The summed E-state index contributed by atoms with van der Waals surface area (Å²) >= 11 is 0. The van der Waals surface area contributed by atoms with Crippen molar-refractivity contribution in [2.24, 2.45) is 0 Å². The highest BCUT2D eigenvalue weighted by Crippen LogP contribution is 2.20. The van der Waals surface area contributed by atoms with Crippen LogP contribution in [0.1, 0.15) is 44.8 Å². The molecule has 0 radical (unpaired) electrons. The molecular formula is C9H15NO. The van der Waals surface area contributed by atoms with E-state index in [0.717, 1.165) is 5.76 Å². The first-order valence-corrected chi connectivity index (χ1v) is 4.23. The number of oxazole rings is 1. The molecule has 1 rings (SSSR count). The molecule has 0 saturated carbocycles. The summed E-state index contributed by atoms with van der Waals surface area (Å²) in [6, 6.07) is 0. The highest BCUT2D eigenvalue weighted by atomic mass is 16.3. The fraction of sp³-hybridized carbons (Fsp3) is 0.667. The van der Waals surface area contributed by atoms with Crippen LogP contribution in [0.25, 0.3) is 0 Å². The molecule has 2 heteroatoms. The summed E-state index contributed by atoms with van der Waals surface area (Å²) in [4.78, 5) is 3.88. The van der Waals surface area contributed by atoms with Crippen LogP contribution in [-0.4, -0.2) is 4.98 Å². The van der Waals surface area contributed by atoms with Crippen LogP contribution in [0, 0.1) is 0 Å². The molecule has 1 unspecified atom stereocenters. The average Bonchev–Trinajstić information content (AvgIpc) is 2.52. The zero-order chi connectivity index (χ0) is 8.10. The summed E-state index contributed by atoms with van der Waals surface area (Å²) in [7, 11) is 0. The van der Waals surface area contributed by atoms with Crippen molar-refractivity contribution in [3.8, 4) is 0 Å². The van der Waals surface area contributed by atoms with Gasteiger partial charge in [-0.15, -0.1) is 0 Å². The number of nitrogens with zero attached hydrogens (tertiary/aromatic N) is 1. The first-order valence-electron chi connectivity index (χ1n) is 4.23. The molecule has 0 aromatic carbocycles. The van der Waals surface area contributed by atoms with E-state index in [1.165, 1.54) is 25.7 Å². The lowest BCUT2D eigenvalue weighted by Crippen LogP contribution is -1.90. The van der Waals surface area contributed by atoms with Crippen molar-refractivity contribution in [3.05, 3.63) is 18.4 Å². The third-order valence-electron chi connectivity index (χ3n) is 1.93. The Labute approximate surface area is 67.6 Å². The molecule has 11 heavy (non-hydrogen) atoms. The van der Waals surface area contributed by atoms with E-state index in [9.17, 15) is 0 Å². The lowest BCUT2D eigenvalue weighted by Gasteiger charge is -2.04. The van der Waals surface area contributed by atoms with Crippen molar-refractivity contribution in [1.29, 1.82) is 0 Å². The molecule has 2 nitrogen and oxygen atoms in total. The average molecular weight is 153 g/mol. The van der Waals surface area contributed by atoms with E-state index >= 15 is 0 Å². The Morgan fingerprint density at radius 2 is 2.45 bits per heavy atom.